The van der Waals surface area contributed by atoms with E-state index in [1.54, 1.807) is 0 Å². The Balaban J connectivity index is 0.00000300. The molecule has 0 spiro atoms. The third-order valence-corrected chi connectivity index (χ3v) is 5.93. The zero-order chi connectivity index (χ0) is 20.1. The van der Waals surface area contributed by atoms with E-state index in [2.05, 4.69) is 79.7 Å². The van der Waals surface area contributed by atoms with E-state index in [9.17, 15) is 0 Å². The maximum absolute atomic E-state index is 4.66. The van der Waals surface area contributed by atoms with Crippen molar-refractivity contribution in [3.05, 3.63) is 45.7 Å². The number of benzene rings is 1. The molecule has 2 heterocycles. The molecule has 8 heteroatoms. The average molecular weight is 575 g/mol. The second-order valence-electron chi connectivity index (χ2n) is 7.18. The van der Waals surface area contributed by atoms with Gasteiger partial charge in [0.1, 0.15) is 0 Å². The molecule has 1 unspecified atom stereocenters. The summed E-state index contributed by atoms with van der Waals surface area (Å²) in [4.78, 5) is 6.86. The molecule has 2 N–H and O–H groups in total. The van der Waals surface area contributed by atoms with Gasteiger partial charge >= 0.3 is 0 Å². The summed E-state index contributed by atoms with van der Waals surface area (Å²) in [5.41, 5.74) is 5.04. The first-order valence-electron chi connectivity index (χ1n) is 10.1. The third-order valence-electron chi connectivity index (χ3n) is 5.40. The number of aliphatic imine (C=N–C) groups is 1. The molecular weight excluding hydrogens is 543 g/mol. The summed E-state index contributed by atoms with van der Waals surface area (Å²) < 4.78 is 3.13. The van der Waals surface area contributed by atoms with Crippen molar-refractivity contribution in [2.75, 3.05) is 25.0 Å². The van der Waals surface area contributed by atoms with E-state index in [4.69, 9.17) is 0 Å². The van der Waals surface area contributed by atoms with Gasteiger partial charge in [-0.2, -0.15) is 5.10 Å². The van der Waals surface area contributed by atoms with Crippen LogP contribution in [0.3, 0.4) is 0 Å². The Morgan fingerprint density at radius 3 is 2.59 bits per heavy atom. The molecule has 1 saturated heterocycles. The van der Waals surface area contributed by atoms with Crippen LogP contribution in [0.15, 0.2) is 33.7 Å². The fraction of sp³-hybridized carbons (Fsp3) is 0.524. The van der Waals surface area contributed by atoms with Gasteiger partial charge in [0.05, 0.1) is 5.69 Å². The summed E-state index contributed by atoms with van der Waals surface area (Å²) >= 11 is 3.51. The molecule has 3 rings (SSSR count). The van der Waals surface area contributed by atoms with Crippen LogP contribution in [0.4, 0.5) is 5.69 Å². The van der Waals surface area contributed by atoms with Gasteiger partial charge in [0.25, 0.3) is 0 Å². The highest BCUT2D eigenvalue weighted by atomic mass is 127. The molecule has 0 aliphatic carbocycles. The van der Waals surface area contributed by atoms with E-state index >= 15 is 0 Å². The number of rotatable bonds is 6. The van der Waals surface area contributed by atoms with Gasteiger partial charge in [0, 0.05) is 61.2 Å². The lowest BCUT2D eigenvalue weighted by Gasteiger charge is -2.20. The minimum atomic E-state index is 0. The quantitative estimate of drug-likeness (QED) is 0.312. The maximum Gasteiger partial charge on any atom is 0.191 e. The first-order valence-corrected chi connectivity index (χ1v) is 10.9. The van der Waals surface area contributed by atoms with Crippen molar-refractivity contribution in [1.82, 2.24) is 20.4 Å². The number of nitrogens with zero attached hydrogens (tertiary/aromatic N) is 4. The van der Waals surface area contributed by atoms with Crippen molar-refractivity contribution in [3.63, 3.8) is 0 Å². The Bertz CT molecular complexity index is 817. The Morgan fingerprint density at radius 2 is 1.97 bits per heavy atom. The molecule has 29 heavy (non-hydrogen) atoms. The second kappa shape index (κ2) is 11.2. The molecule has 1 atom stereocenters. The Labute approximate surface area is 199 Å². The summed E-state index contributed by atoms with van der Waals surface area (Å²) in [5.74, 6) is 0.857. The van der Waals surface area contributed by atoms with E-state index in [0.29, 0.717) is 6.04 Å². The lowest BCUT2D eigenvalue weighted by atomic mass is 10.1. The van der Waals surface area contributed by atoms with Gasteiger partial charge in [0.15, 0.2) is 5.96 Å². The van der Waals surface area contributed by atoms with Crippen LogP contribution in [0.5, 0.6) is 0 Å². The van der Waals surface area contributed by atoms with Crippen LogP contribution >= 0.6 is 39.9 Å². The molecule has 1 fully saturated rings. The number of aromatic nitrogens is 2. The molecule has 2 aromatic rings. The van der Waals surface area contributed by atoms with Gasteiger partial charge in [0.2, 0.25) is 0 Å². The summed E-state index contributed by atoms with van der Waals surface area (Å²) in [7, 11) is 3.87. The molecule has 1 aliphatic heterocycles. The lowest BCUT2D eigenvalue weighted by Crippen LogP contribution is -2.44. The Morgan fingerprint density at radius 1 is 1.24 bits per heavy atom. The smallest absolute Gasteiger partial charge is 0.191 e. The largest absolute Gasteiger partial charge is 0.369 e. The standard InChI is InChI=1S/C21H31BrN6.HI/c1-5-19-18(20(6-2)27(4)26-19)13-24-21(23-3)25-16-11-12-28(14-16)17-9-7-15(22)8-10-17;/h7-10,16H,5-6,11-14H2,1-4H3,(H2,23,24,25);1H. The van der Waals surface area contributed by atoms with Crippen LogP contribution in [-0.4, -0.2) is 41.9 Å². The normalized spacial score (nSPS) is 16.7. The summed E-state index contributed by atoms with van der Waals surface area (Å²) in [6.07, 6.45) is 3.03. The van der Waals surface area contributed by atoms with Gasteiger partial charge in [-0.05, 0) is 43.5 Å². The zero-order valence-electron chi connectivity index (χ0n) is 17.7. The summed E-state index contributed by atoms with van der Waals surface area (Å²) in [5, 5.41) is 11.8. The van der Waals surface area contributed by atoms with Crippen LogP contribution < -0.4 is 15.5 Å². The molecule has 1 aromatic carbocycles. The molecule has 1 aromatic heterocycles. The van der Waals surface area contributed by atoms with Crippen molar-refractivity contribution in [1.29, 1.82) is 0 Å². The summed E-state index contributed by atoms with van der Waals surface area (Å²) in [6, 6.07) is 8.92. The highest BCUT2D eigenvalue weighted by Gasteiger charge is 2.23. The number of nitrogens with one attached hydrogen (secondary N) is 2. The number of hydrogen-bond donors (Lipinski definition) is 2. The highest BCUT2D eigenvalue weighted by molar-refractivity contribution is 14.0. The number of halogens is 2. The number of aryl methyl sites for hydroxylation is 2. The predicted octanol–water partition coefficient (Wildman–Crippen LogP) is 3.87. The van der Waals surface area contributed by atoms with Crippen LogP contribution in [0.25, 0.3) is 0 Å². The topological polar surface area (TPSA) is 57.5 Å². The lowest BCUT2D eigenvalue weighted by molar-refractivity contribution is 0.647. The first-order chi connectivity index (χ1) is 13.5. The average Bonchev–Trinajstić information content (AvgIpc) is 3.29. The van der Waals surface area contributed by atoms with E-state index in [0.717, 1.165) is 49.3 Å². The second-order valence-corrected chi connectivity index (χ2v) is 8.10. The predicted molar refractivity (Wildman–Crippen MR) is 135 cm³/mol. The SMILES string of the molecule is CCc1nn(C)c(CC)c1CNC(=NC)NC1CCN(c2ccc(Br)cc2)C1.I. The molecule has 0 amide bonds. The van der Waals surface area contributed by atoms with E-state index in [1.807, 2.05) is 18.8 Å². The molecular formula is C21H32BrIN6. The summed E-state index contributed by atoms with van der Waals surface area (Å²) in [6.45, 7) is 7.13. The van der Waals surface area contributed by atoms with Crippen molar-refractivity contribution in [2.45, 2.75) is 45.7 Å². The van der Waals surface area contributed by atoms with Crippen LogP contribution in [0.1, 0.15) is 37.2 Å². The zero-order valence-corrected chi connectivity index (χ0v) is 21.6. The van der Waals surface area contributed by atoms with E-state index in [-0.39, 0.29) is 24.0 Å². The highest BCUT2D eigenvalue weighted by Crippen LogP contribution is 2.22. The monoisotopic (exact) mass is 574 g/mol. The molecule has 6 nitrogen and oxygen atoms in total. The number of guanidine groups is 1. The molecule has 160 valence electrons. The van der Waals surface area contributed by atoms with Gasteiger partial charge in [-0.15, -0.1) is 24.0 Å². The van der Waals surface area contributed by atoms with Gasteiger partial charge < -0.3 is 15.5 Å². The van der Waals surface area contributed by atoms with Crippen molar-refractivity contribution in [2.24, 2.45) is 12.0 Å². The third kappa shape index (κ3) is 5.87. The van der Waals surface area contributed by atoms with E-state index in [1.165, 1.54) is 22.6 Å². The van der Waals surface area contributed by atoms with Crippen molar-refractivity contribution >= 4 is 51.6 Å². The molecule has 0 radical (unpaired) electrons. The van der Waals surface area contributed by atoms with E-state index < -0.39 is 0 Å². The molecule has 0 saturated carbocycles. The Hall–Kier alpha value is -1.29. The van der Waals surface area contributed by atoms with Crippen molar-refractivity contribution < 1.29 is 0 Å². The minimum absolute atomic E-state index is 0. The number of anilines is 1. The van der Waals surface area contributed by atoms with Gasteiger partial charge in [-0.1, -0.05) is 29.8 Å². The molecule has 1 aliphatic rings. The molecule has 0 bridgehead atoms. The van der Waals surface area contributed by atoms with Crippen LogP contribution in [-0.2, 0) is 26.4 Å². The number of hydrogen-bond acceptors (Lipinski definition) is 3. The van der Waals surface area contributed by atoms with Gasteiger partial charge in [-0.3, -0.25) is 9.67 Å². The van der Waals surface area contributed by atoms with Gasteiger partial charge in [-0.25, -0.2) is 0 Å². The fourth-order valence-corrected chi connectivity index (χ4v) is 4.18. The van der Waals surface area contributed by atoms with Crippen LogP contribution in [0, 0.1) is 0 Å². The van der Waals surface area contributed by atoms with Crippen molar-refractivity contribution in [3.8, 4) is 0 Å². The Kier molecular flexibility index (Phi) is 9.26. The minimum Gasteiger partial charge on any atom is -0.369 e. The maximum atomic E-state index is 4.66. The first kappa shape index (κ1) is 24.0. The fourth-order valence-electron chi connectivity index (χ4n) is 3.92. The van der Waals surface area contributed by atoms with Crippen LogP contribution in [0.2, 0.25) is 0 Å².